The van der Waals surface area contributed by atoms with Crippen molar-refractivity contribution in [2.75, 3.05) is 0 Å². The van der Waals surface area contributed by atoms with Crippen LogP contribution in [0, 0.1) is 20.8 Å². The fourth-order valence-electron chi connectivity index (χ4n) is 2.73. The summed E-state index contributed by atoms with van der Waals surface area (Å²) in [6, 6.07) is 8.63. The molecule has 2 aromatic heterocycles. The van der Waals surface area contributed by atoms with Gasteiger partial charge in [0.25, 0.3) is 0 Å². The zero-order valence-corrected chi connectivity index (χ0v) is 12.8. The van der Waals surface area contributed by atoms with Crippen LogP contribution < -0.4 is 0 Å². The highest BCUT2D eigenvalue weighted by Gasteiger charge is 2.10. The number of rotatable bonds is 1. The molecule has 1 aromatic carbocycles. The van der Waals surface area contributed by atoms with Gasteiger partial charge in [0.1, 0.15) is 5.65 Å². The van der Waals surface area contributed by atoms with E-state index in [0.29, 0.717) is 0 Å². The van der Waals surface area contributed by atoms with Gasteiger partial charge in [-0.3, -0.25) is 0 Å². The normalized spacial score (nSPS) is 11.2. The van der Waals surface area contributed by atoms with Crippen LogP contribution in [0.3, 0.4) is 0 Å². The van der Waals surface area contributed by atoms with E-state index in [1.807, 2.05) is 6.20 Å². The molecule has 0 unspecified atom stereocenters. The molecule has 0 saturated carbocycles. The smallest absolute Gasteiger partial charge is 0.144 e. The molecular formula is C16H15BrN2. The molecule has 0 aliphatic carbocycles. The molecule has 2 heterocycles. The van der Waals surface area contributed by atoms with Crippen LogP contribution in [-0.2, 0) is 0 Å². The van der Waals surface area contributed by atoms with Gasteiger partial charge in [0, 0.05) is 22.3 Å². The Hall–Kier alpha value is -1.61. The van der Waals surface area contributed by atoms with Crippen molar-refractivity contribution in [2.24, 2.45) is 0 Å². The van der Waals surface area contributed by atoms with Gasteiger partial charge < -0.3 is 4.57 Å². The Morgan fingerprint density at radius 1 is 1.05 bits per heavy atom. The average Bonchev–Trinajstić information content (AvgIpc) is 2.71. The lowest BCUT2D eigenvalue weighted by Gasteiger charge is -2.13. The number of fused-ring (bicyclic) bond motifs is 1. The van der Waals surface area contributed by atoms with E-state index in [4.69, 9.17) is 0 Å². The molecule has 0 N–H and O–H groups in total. The third-order valence-electron chi connectivity index (χ3n) is 3.37. The Kier molecular flexibility index (Phi) is 2.94. The molecule has 3 heteroatoms. The molecule has 0 atom stereocenters. The maximum Gasteiger partial charge on any atom is 0.144 e. The largest absolute Gasteiger partial charge is 0.301 e. The van der Waals surface area contributed by atoms with Crippen LogP contribution in [0.15, 0.2) is 41.1 Å². The second-order valence-corrected chi connectivity index (χ2v) is 5.92. The maximum atomic E-state index is 4.54. The molecular weight excluding hydrogens is 300 g/mol. The summed E-state index contributed by atoms with van der Waals surface area (Å²) in [5, 5.41) is 1.15. The highest BCUT2D eigenvalue weighted by molar-refractivity contribution is 9.10. The van der Waals surface area contributed by atoms with E-state index in [2.05, 4.69) is 76.7 Å². The average molecular weight is 315 g/mol. The number of aromatic nitrogens is 2. The minimum Gasteiger partial charge on any atom is -0.301 e. The minimum absolute atomic E-state index is 0.998. The van der Waals surface area contributed by atoms with Crippen molar-refractivity contribution in [1.29, 1.82) is 0 Å². The zero-order chi connectivity index (χ0) is 13.6. The van der Waals surface area contributed by atoms with Crippen molar-refractivity contribution >= 4 is 27.0 Å². The number of hydrogen-bond acceptors (Lipinski definition) is 1. The van der Waals surface area contributed by atoms with Crippen LogP contribution in [-0.4, -0.2) is 9.55 Å². The minimum atomic E-state index is 0.998. The first-order valence-corrected chi connectivity index (χ1v) is 7.06. The lowest BCUT2D eigenvalue weighted by Crippen LogP contribution is -2.00. The molecule has 19 heavy (non-hydrogen) atoms. The van der Waals surface area contributed by atoms with Crippen molar-refractivity contribution in [1.82, 2.24) is 9.55 Å². The number of hydrogen-bond donors (Lipinski definition) is 0. The Labute approximate surface area is 121 Å². The molecule has 0 bridgehead atoms. The molecule has 96 valence electrons. The van der Waals surface area contributed by atoms with Gasteiger partial charge in [0.15, 0.2) is 0 Å². The van der Waals surface area contributed by atoms with Gasteiger partial charge in [-0.2, -0.15) is 0 Å². The Balaban J connectivity index is 2.31. The summed E-state index contributed by atoms with van der Waals surface area (Å²) in [5.74, 6) is 0. The molecule has 3 rings (SSSR count). The summed E-state index contributed by atoms with van der Waals surface area (Å²) in [5.41, 5.74) is 6.08. The first kappa shape index (κ1) is 12.4. The van der Waals surface area contributed by atoms with Crippen LogP contribution in [0.5, 0.6) is 0 Å². The maximum absolute atomic E-state index is 4.54. The number of nitrogens with zero attached hydrogens (tertiary/aromatic N) is 2. The Morgan fingerprint density at radius 3 is 2.42 bits per heavy atom. The third kappa shape index (κ3) is 2.08. The zero-order valence-electron chi connectivity index (χ0n) is 11.2. The second-order valence-electron chi connectivity index (χ2n) is 5.00. The second kappa shape index (κ2) is 4.49. The molecule has 0 aliphatic heterocycles. The van der Waals surface area contributed by atoms with Crippen LogP contribution in [0.2, 0.25) is 0 Å². The van der Waals surface area contributed by atoms with E-state index >= 15 is 0 Å². The van der Waals surface area contributed by atoms with Crippen LogP contribution >= 0.6 is 15.9 Å². The van der Waals surface area contributed by atoms with Crippen molar-refractivity contribution in [3.8, 4) is 5.69 Å². The molecule has 0 fully saturated rings. The van der Waals surface area contributed by atoms with Crippen molar-refractivity contribution < 1.29 is 0 Å². The lowest BCUT2D eigenvalue weighted by atomic mass is 10.1. The van der Waals surface area contributed by atoms with Gasteiger partial charge in [-0.25, -0.2) is 4.98 Å². The number of aryl methyl sites for hydroxylation is 3. The first-order valence-electron chi connectivity index (χ1n) is 6.27. The van der Waals surface area contributed by atoms with E-state index in [-0.39, 0.29) is 0 Å². The van der Waals surface area contributed by atoms with Gasteiger partial charge >= 0.3 is 0 Å². The van der Waals surface area contributed by atoms with Crippen molar-refractivity contribution in [3.05, 3.63) is 57.8 Å². The molecule has 2 nitrogen and oxygen atoms in total. The van der Waals surface area contributed by atoms with Gasteiger partial charge in [0.2, 0.25) is 0 Å². The molecule has 0 aliphatic rings. The lowest BCUT2D eigenvalue weighted by molar-refractivity contribution is 1.05. The number of pyridine rings is 1. The van der Waals surface area contributed by atoms with Crippen molar-refractivity contribution in [2.45, 2.75) is 20.8 Å². The summed E-state index contributed by atoms with van der Waals surface area (Å²) in [6.07, 6.45) is 3.94. The quantitative estimate of drug-likeness (QED) is 0.636. The number of halogens is 1. The van der Waals surface area contributed by atoms with Gasteiger partial charge in [-0.05, 0) is 60.0 Å². The molecule has 0 saturated heterocycles. The monoisotopic (exact) mass is 314 g/mol. The Morgan fingerprint density at radius 2 is 1.74 bits per heavy atom. The third-order valence-corrected chi connectivity index (χ3v) is 3.80. The van der Waals surface area contributed by atoms with Crippen LogP contribution in [0.1, 0.15) is 16.7 Å². The molecule has 0 radical (unpaired) electrons. The standard InChI is InChI=1S/C16H15BrN2/c1-10-6-11(2)15(12(3)7-10)19-5-4-13-8-14(17)9-18-16(13)19/h4-9H,1-3H3. The van der Waals surface area contributed by atoms with Crippen LogP contribution in [0.4, 0.5) is 0 Å². The van der Waals surface area contributed by atoms with Gasteiger partial charge in [-0.1, -0.05) is 17.7 Å². The summed E-state index contributed by atoms with van der Waals surface area (Å²) in [4.78, 5) is 4.54. The SMILES string of the molecule is Cc1cc(C)c(-n2ccc3cc(Br)cnc32)c(C)c1. The summed E-state index contributed by atoms with van der Waals surface area (Å²) in [7, 11) is 0. The fraction of sp³-hybridized carbons (Fsp3) is 0.188. The highest BCUT2D eigenvalue weighted by Crippen LogP contribution is 2.26. The molecule has 0 amide bonds. The highest BCUT2D eigenvalue weighted by atomic mass is 79.9. The molecule has 3 aromatic rings. The fourth-order valence-corrected chi connectivity index (χ4v) is 3.08. The van der Waals surface area contributed by atoms with E-state index < -0.39 is 0 Å². The van der Waals surface area contributed by atoms with E-state index in [0.717, 1.165) is 15.5 Å². The predicted octanol–water partition coefficient (Wildman–Crippen LogP) is 4.71. The predicted molar refractivity (Wildman–Crippen MR) is 83.0 cm³/mol. The summed E-state index contributed by atoms with van der Waals surface area (Å²) in [6.45, 7) is 6.44. The van der Waals surface area contributed by atoms with E-state index in [1.165, 1.54) is 22.4 Å². The number of benzene rings is 1. The van der Waals surface area contributed by atoms with Gasteiger partial charge in [-0.15, -0.1) is 0 Å². The Bertz CT molecular complexity index is 749. The van der Waals surface area contributed by atoms with Gasteiger partial charge in [0.05, 0.1) is 5.69 Å². The van der Waals surface area contributed by atoms with Crippen molar-refractivity contribution in [3.63, 3.8) is 0 Å². The van der Waals surface area contributed by atoms with E-state index in [1.54, 1.807) is 0 Å². The summed E-state index contributed by atoms with van der Waals surface area (Å²) >= 11 is 3.46. The topological polar surface area (TPSA) is 17.8 Å². The molecule has 0 spiro atoms. The summed E-state index contributed by atoms with van der Waals surface area (Å²) < 4.78 is 3.18. The van der Waals surface area contributed by atoms with Crippen LogP contribution in [0.25, 0.3) is 16.7 Å². The first-order chi connectivity index (χ1) is 9.06. The van der Waals surface area contributed by atoms with E-state index in [9.17, 15) is 0 Å².